The Kier molecular flexibility index (Phi) is 4.04. The van der Waals surface area contributed by atoms with Gasteiger partial charge in [0.05, 0.1) is 0 Å². The number of epoxide rings is 2. The molecule has 2 heterocycles. The molecule has 88 valence electrons. The highest BCUT2D eigenvalue weighted by Crippen LogP contribution is 2.50. The smallest absolute Gasteiger partial charge is 0.219 e. The molecule has 0 aliphatic carbocycles. The summed E-state index contributed by atoms with van der Waals surface area (Å²) in [4.78, 5) is 0. The number of rotatable bonds is 9. The van der Waals surface area contributed by atoms with Crippen LogP contribution in [0, 0.1) is 0 Å². The average molecular weight is 212 g/mol. The molecule has 0 aromatic carbocycles. The fraction of sp³-hybridized carbons (Fsp3) is 1.00. The fourth-order valence-electron chi connectivity index (χ4n) is 2.27. The van der Waals surface area contributed by atoms with Crippen LogP contribution in [0.3, 0.4) is 0 Å². The standard InChI is InChI=1S/C13H24O2/c1-2-3-4-5-6-7-8-9-10-12-13(15-12)11-14-13/h12H,2-11H2,1H3/t12?,13-/m1/s1. The molecule has 1 unspecified atom stereocenters. The first kappa shape index (κ1) is 11.4. The number of hydrogen-bond donors (Lipinski definition) is 0. The minimum absolute atomic E-state index is 0.0405. The molecule has 2 nitrogen and oxygen atoms in total. The average Bonchev–Trinajstić information content (AvgIpc) is 3.14. The number of hydrogen-bond acceptors (Lipinski definition) is 2. The van der Waals surface area contributed by atoms with Crippen molar-refractivity contribution in [2.45, 2.75) is 76.6 Å². The van der Waals surface area contributed by atoms with E-state index in [9.17, 15) is 0 Å². The third-order valence-corrected chi connectivity index (χ3v) is 3.52. The third-order valence-electron chi connectivity index (χ3n) is 3.52. The van der Waals surface area contributed by atoms with E-state index < -0.39 is 0 Å². The van der Waals surface area contributed by atoms with Crippen LogP contribution < -0.4 is 0 Å². The van der Waals surface area contributed by atoms with Crippen molar-refractivity contribution in [3.05, 3.63) is 0 Å². The molecule has 0 bridgehead atoms. The van der Waals surface area contributed by atoms with Crippen molar-refractivity contribution in [3.63, 3.8) is 0 Å². The first-order valence-electron chi connectivity index (χ1n) is 6.69. The van der Waals surface area contributed by atoms with Gasteiger partial charge < -0.3 is 9.47 Å². The minimum Gasteiger partial charge on any atom is -0.340 e. The Labute approximate surface area is 93.3 Å². The second-order valence-electron chi connectivity index (χ2n) is 4.97. The third kappa shape index (κ3) is 3.46. The molecule has 2 atom stereocenters. The van der Waals surface area contributed by atoms with Crippen LogP contribution in [-0.4, -0.2) is 18.5 Å². The Hall–Kier alpha value is -0.0800. The summed E-state index contributed by atoms with van der Waals surface area (Å²) >= 11 is 0. The van der Waals surface area contributed by atoms with Crippen LogP contribution >= 0.6 is 0 Å². The lowest BCUT2D eigenvalue weighted by molar-refractivity contribution is 0.250. The molecule has 2 aliphatic heterocycles. The topological polar surface area (TPSA) is 25.1 Å². The molecule has 15 heavy (non-hydrogen) atoms. The van der Waals surface area contributed by atoms with Crippen molar-refractivity contribution >= 4 is 0 Å². The molecule has 0 aromatic heterocycles. The molecule has 1 spiro atoms. The van der Waals surface area contributed by atoms with E-state index in [-0.39, 0.29) is 5.79 Å². The van der Waals surface area contributed by atoms with E-state index in [0.717, 1.165) is 6.61 Å². The van der Waals surface area contributed by atoms with Crippen molar-refractivity contribution in [2.24, 2.45) is 0 Å². The van der Waals surface area contributed by atoms with Gasteiger partial charge in [0.2, 0.25) is 5.79 Å². The summed E-state index contributed by atoms with van der Waals surface area (Å²) in [7, 11) is 0. The van der Waals surface area contributed by atoms with Gasteiger partial charge in [0, 0.05) is 0 Å². The van der Waals surface area contributed by atoms with Gasteiger partial charge in [0.1, 0.15) is 12.7 Å². The van der Waals surface area contributed by atoms with Gasteiger partial charge in [-0.25, -0.2) is 0 Å². The largest absolute Gasteiger partial charge is 0.340 e. The van der Waals surface area contributed by atoms with Crippen LogP contribution in [0.1, 0.15) is 64.7 Å². The Morgan fingerprint density at radius 2 is 1.60 bits per heavy atom. The first-order valence-corrected chi connectivity index (χ1v) is 6.69. The van der Waals surface area contributed by atoms with Gasteiger partial charge >= 0.3 is 0 Å². The molecule has 0 saturated carbocycles. The fourth-order valence-corrected chi connectivity index (χ4v) is 2.27. The molecular weight excluding hydrogens is 188 g/mol. The number of unbranched alkanes of at least 4 members (excludes halogenated alkanes) is 7. The van der Waals surface area contributed by atoms with Gasteiger partial charge in [-0.2, -0.15) is 0 Å². The molecule has 2 rings (SSSR count). The lowest BCUT2D eigenvalue weighted by atomic mass is 10.1. The maximum atomic E-state index is 5.45. The zero-order chi connectivity index (χ0) is 10.6. The van der Waals surface area contributed by atoms with Crippen LogP contribution in [0.15, 0.2) is 0 Å². The molecule has 2 fully saturated rings. The summed E-state index contributed by atoms with van der Waals surface area (Å²) in [5.74, 6) is -0.0405. The van der Waals surface area contributed by atoms with Crippen molar-refractivity contribution in [3.8, 4) is 0 Å². The Balaban J connectivity index is 1.31. The highest BCUT2D eigenvalue weighted by atomic mass is 16.9. The Bertz CT molecular complexity index is 187. The number of ether oxygens (including phenoxy) is 2. The first-order chi connectivity index (χ1) is 7.37. The molecule has 0 amide bonds. The minimum atomic E-state index is -0.0405. The maximum absolute atomic E-state index is 5.45. The van der Waals surface area contributed by atoms with Gasteiger partial charge in [-0.1, -0.05) is 58.3 Å². The maximum Gasteiger partial charge on any atom is 0.219 e. The lowest BCUT2D eigenvalue weighted by Crippen LogP contribution is -1.94. The molecule has 0 N–H and O–H groups in total. The van der Waals surface area contributed by atoms with E-state index >= 15 is 0 Å². The van der Waals surface area contributed by atoms with E-state index in [1.54, 1.807) is 0 Å². The van der Waals surface area contributed by atoms with Crippen LogP contribution in [0.25, 0.3) is 0 Å². The predicted octanol–water partition coefficient (Wildman–Crippen LogP) is 3.64. The second-order valence-corrected chi connectivity index (χ2v) is 4.97. The normalized spacial score (nSPS) is 32.2. The quantitative estimate of drug-likeness (QED) is 0.430. The summed E-state index contributed by atoms with van der Waals surface area (Å²) in [5, 5.41) is 0. The summed E-state index contributed by atoms with van der Waals surface area (Å²) in [6, 6.07) is 0. The Morgan fingerprint density at radius 3 is 2.13 bits per heavy atom. The summed E-state index contributed by atoms with van der Waals surface area (Å²) in [6.07, 6.45) is 12.8. The van der Waals surface area contributed by atoms with Crippen molar-refractivity contribution in [1.82, 2.24) is 0 Å². The highest BCUT2D eigenvalue weighted by molar-refractivity contribution is 5.03. The van der Waals surface area contributed by atoms with Gasteiger partial charge in [-0.05, 0) is 6.42 Å². The summed E-state index contributed by atoms with van der Waals surface area (Å²) in [6.45, 7) is 3.13. The molecular formula is C13H24O2. The van der Waals surface area contributed by atoms with Crippen molar-refractivity contribution in [2.75, 3.05) is 6.61 Å². The van der Waals surface area contributed by atoms with Crippen LogP contribution in [-0.2, 0) is 9.47 Å². The molecule has 0 aromatic rings. The van der Waals surface area contributed by atoms with Gasteiger partial charge in [-0.15, -0.1) is 0 Å². The molecule has 2 aliphatic rings. The SMILES string of the molecule is CCCCCCCCCCC1O[C@]12CO2. The van der Waals surface area contributed by atoms with Gasteiger partial charge in [0.25, 0.3) is 0 Å². The van der Waals surface area contributed by atoms with Gasteiger partial charge in [-0.3, -0.25) is 0 Å². The van der Waals surface area contributed by atoms with Crippen LogP contribution in [0.4, 0.5) is 0 Å². The highest BCUT2D eigenvalue weighted by Gasteiger charge is 2.68. The van der Waals surface area contributed by atoms with E-state index in [1.807, 2.05) is 0 Å². The van der Waals surface area contributed by atoms with E-state index in [4.69, 9.17) is 9.47 Å². The van der Waals surface area contributed by atoms with Crippen molar-refractivity contribution < 1.29 is 9.47 Å². The monoisotopic (exact) mass is 212 g/mol. The van der Waals surface area contributed by atoms with E-state index in [0.29, 0.717) is 6.10 Å². The zero-order valence-corrected chi connectivity index (χ0v) is 9.96. The Morgan fingerprint density at radius 1 is 1.00 bits per heavy atom. The van der Waals surface area contributed by atoms with Crippen LogP contribution in [0.5, 0.6) is 0 Å². The second kappa shape index (κ2) is 5.31. The zero-order valence-electron chi connectivity index (χ0n) is 9.96. The molecule has 2 saturated heterocycles. The molecule has 2 heteroatoms. The summed E-state index contributed by atoms with van der Waals surface area (Å²) < 4.78 is 10.7. The van der Waals surface area contributed by atoms with Gasteiger partial charge in [0.15, 0.2) is 0 Å². The molecule has 0 radical (unpaired) electrons. The van der Waals surface area contributed by atoms with Crippen molar-refractivity contribution in [1.29, 1.82) is 0 Å². The van der Waals surface area contributed by atoms with E-state index in [2.05, 4.69) is 6.92 Å². The van der Waals surface area contributed by atoms with E-state index in [1.165, 1.54) is 57.8 Å². The lowest BCUT2D eigenvalue weighted by Gasteiger charge is -2.00. The summed E-state index contributed by atoms with van der Waals surface area (Å²) in [5.41, 5.74) is 0. The van der Waals surface area contributed by atoms with Crippen LogP contribution in [0.2, 0.25) is 0 Å². The predicted molar refractivity (Wildman–Crippen MR) is 60.8 cm³/mol.